The Balaban J connectivity index is 2.00. The molecule has 3 rings (SSSR count). The Morgan fingerprint density at radius 3 is 2.30 bits per heavy atom. The van der Waals surface area contributed by atoms with Gasteiger partial charge < -0.3 is 19.7 Å². The Kier molecular flexibility index (Phi) is 6.67. The number of aromatic hydroxyl groups is 1. The average Bonchev–Trinajstić information content (AvgIpc) is 2.74. The minimum Gasteiger partial charge on any atom is -0.507 e. The first-order valence-electron chi connectivity index (χ1n) is 9.17. The number of anilines is 1. The number of methoxy groups -OCH3 is 1. The topological polar surface area (TPSA) is 105 Å². The molecule has 1 amide bonds. The van der Waals surface area contributed by atoms with Crippen LogP contribution < -0.4 is 5.32 Å². The van der Waals surface area contributed by atoms with Crippen LogP contribution in [0.25, 0.3) is 10.8 Å². The molecule has 0 radical (unpaired) electrons. The van der Waals surface area contributed by atoms with Gasteiger partial charge in [-0.25, -0.2) is 9.59 Å². The molecular weight excluding hydrogens is 386 g/mol. The van der Waals surface area contributed by atoms with E-state index >= 15 is 0 Å². The molecule has 3 N–H and O–H groups in total. The van der Waals surface area contributed by atoms with Crippen LogP contribution in [0.1, 0.15) is 11.7 Å². The largest absolute Gasteiger partial charge is 0.507 e. The number of benzene rings is 3. The normalized spacial score (nSPS) is 13.1. The number of carboxylic acids is 1. The lowest BCUT2D eigenvalue weighted by Crippen LogP contribution is -2.27. The molecule has 0 aliphatic heterocycles. The van der Waals surface area contributed by atoms with E-state index in [0.717, 1.165) is 6.08 Å². The molecule has 0 saturated carbocycles. The quantitative estimate of drug-likeness (QED) is 0.499. The average molecular weight is 407 g/mol. The van der Waals surface area contributed by atoms with Crippen molar-refractivity contribution in [2.45, 2.75) is 12.2 Å². The highest BCUT2D eigenvalue weighted by Gasteiger charge is 2.28. The molecule has 0 saturated heterocycles. The lowest BCUT2D eigenvalue weighted by Gasteiger charge is -2.25. The van der Waals surface area contributed by atoms with Crippen LogP contribution in [0.4, 0.5) is 10.5 Å². The number of fused-ring (bicyclic) bond motifs is 1. The van der Waals surface area contributed by atoms with Crippen LogP contribution in [0.15, 0.2) is 78.9 Å². The standard InChI is InChI=1S/C23H21NO6/c1-29-20(13-14-21(26)27)22(30-23(28)24-15-7-3-2-4-8-15)18-11-12-19(25)17-10-6-5-9-16(17)18/h2-14,20,22,25H,1H3,(H,24,28)(H,26,27)/b14-13+/t20-,22-/m1/s1. The number of phenols is 1. The second-order valence-electron chi connectivity index (χ2n) is 6.43. The van der Waals surface area contributed by atoms with Gasteiger partial charge in [0.15, 0.2) is 6.10 Å². The van der Waals surface area contributed by atoms with E-state index in [-0.39, 0.29) is 5.75 Å². The van der Waals surface area contributed by atoms with Crippen molar-refractivity contribution in [3.63, 3.8) is 0 Å². The Morgan fingerprint density at radius 2 is 1.63 bits per heavy atom. The van der Waals surface area contributed by atoms with E-state index in [1.165, 1.54) is 19.3 Å². The first-order chi connectivity index (χ1) is 14.5. The maximum Gasteiger partial charge on any atom is 0.412 e. The lowest BCUT2D eigenvalue weighted by atomic mass is 9.96. The second-order valence-corrected chi connectivity index (χ2v) is 6.43. The maximum absolute atomic E-state index is 12.6. The molecule has 7 heteroatoms. The smallest absolute Gasteiger partial charge is 0.412 e. The van der Waals surface area contributed by atoms with Gasteiger partial charge in [-0.2, -0.15) is 0 Å². The van der Waals surface area contributed by atoms with Crippen molar-refractivity contribution in [2.24, 2.45) is 0 Å². The minimum atomic E-state index is -1.15. The van der Waals surface area contributed by atoms with Crippen LogP contribution in [0.3, 0.4) is 0 Å². The molecule has 0 bridgehead atoms. The van der Waals surface area contributed by atoms with Gasteiger partial charge in [0.05, 0.1) is 0 Å². The molecule has 0 fully saturated rings. The van der Waals surface area contributed by atoms with Gasteiger partial charge in [-0.1, -0.05) is 48.5 Å². The molecule has 0 aliphatic carbocycles. The van der Waals surface area contributed by atoms with Crippen LogP contribution in [0.2, 0.25) is 0 Å². The lowest BCUT2D eigenvalue weighted by molar-refractivity contribution is -0.131. The van der Waals surface area contributed by atoms with Crippen molar-refractivity contribution in [3.8, 4) is 5.75 Å². The fraction of sp³-hybridized carbons (Fsp3) is 0.130. The third kappa shape index (κ3) is 4.95. The maximum atomic E-state index is 12.6. The molecule has 3 aromatic rings. The second kappa shape index (κ2) is 9.58. The van der Waals surface area contributed by atoms with Crippen molar-refractivity contribution in [1.29, 1.82) is 0 Å². The van der Waals surface area contributed by atoms with Crippen molar-refractivity contribution in [3.05, 3.63) is 84.4 Å². The van der Waals surface area contributed by atoms with E-state index in [1.54, 1.807) is 54.6 Å². The van der Waals surface area contributed by atoms with E-state index in [4.69, 9.17) is 14.6 Å². The Morgan fingerprint density at radius 1 is 0.967 bits per heavy atom. The number of hydrogen-bond acceptors (Lipinski definition) is 5. The predicted octanol–water partition coefficient (Wildman–Crippen LogP) is 4.49. The summed E-state index contributed by atoms with van der Waals surface area (Å²) in [6.45, 7) is 0. The van der Waals surface area contributed by atoms with Gasteiger partial charge >= 0.3 is 12.1 Å². The molecule has 3 aromatic carbocycles. The van der Waals surface area contributed by atoms with E-state index in [9.17, 15) is 14.7 Å². The van der Waals surface area contributed by atoms with Gasteiger partial charge in [0, 0.05) is 29.8 Å². The molecule has 0 spiro atoms. The third-order valence-electron chi connectivity index (χ3n) is 4.49. The highest BCUT2D eigenvalue weighted by molar-refractivity contribution is 5.92. The molecule has 30 heavy (non-hydrogen) atoms. The zero-order valence-electron chi connectivity index (χ0n) is 16.2. The van der Waals surface area contributed by atoms with Gasteiger partial charge in [-0.05, 0) is 29.7 Å². The number of para-hydroxylation sites is 1. The van der Waals surface area contributed by atoms with Gasteiger partial charge in [-0.3, -0.25) is 5.32 Å². The Labute approximate surface area is 173 Å². The summed E-state index contributed by atoms with van der Waals surface area (Å²) >= 11 is 0. The van der Waals surface area contributed by atoms with Crippen LogP contribution in [0, 0.1) is 0 Å². The summed E-state index contributed by atoms with van der Waals surface area (Å²) in [6.07, 6.45) is -0.336. The SMILES string of the molecule is CO[C@H](/C=C/C(=O)O)[C@H](OC(=O)Nc1ccccc1)c1ccc(O)c2ccccc12. The summed E-state index contributed by atoms with van der Waals surface area (Å²) in [5.41, 5.74) is 1.11. The molecule has 7 nitrogen and oxygen atoms in total. The van der Waals surface area contributed by atoms with Gasteiger partial charge in [0.1, 0.15) is 11.9 Å². The number of phenolic OH excluding ortho intramolecular Hbond substituents is 1. The summed E-state index contributed by atoms with van der Waals surface area (Å²) in [7, 11) is 1.39. The van der Waals surface area contributed by atoms with Gasteiger partial charge in [0.25, 0.3) is 0 Å². The zero-order chi connectivity index (χ0) is 21.5. The fourth-order valence-corrected chi connectivity index (χ4v) is 3.13. The number of aliphatic carboxylic acids is 1. The fourth-order valence-electron chi connectivity index (χ4n) is 3.13. The minimum absolute atomic E-state index is 0.0804. The van der Waals surface area contributed by atoms with Crippen LogP contribution in [-0.2, 0) is 14.3 Å². The Hall–Kier alpha value is -3.84. The first kappa shape index (κ1) is 20.9. The Bertz CT molecular complexity index is 1060. The molecular formula is C23H21NO6. The molecule has 2 atom stereocenters. The molecule has 0 unspecified atom stereocenters. The number of amides is 1. The van der Waals surface area contributed by atoms with E-state index in [0.29, 0.717) is 22.0 Å². The summed E-state index contributed by atoms with van der Waals surface area (Å²) in [4.78, 5) is 23.6. The van der Waals surface area contributed by atoms with E-state index < -0.39 is 24.3 Å². The molecule has 0 aromatic heterocycles. The summed E-state index contributed by atoms with van der Waals surface area (Å²) in [5.74, 6) is -1.07. The van der Waals surface area contributed by atoms with Crippen LogP contribution in [-0.4, -0.2) is 35.5 Å². The van der Waals surface area contributed by atoms with Crippen molar-refractivity contribution in [2.75, 3.05) is 12.4 Å². The number of carbonyl (C=O) groups is 2. The zero-order valence-corrected chi connectivity index (χ0v) is 16.2. The monoisotopic (exact) mass is 407 g/mol. The summed E-state index contributed by atoms with van der Waals surface area (Å²) in [6, 6.07) is 19.0. The van der Waals surface area contributed by atoms with Crippen molar-refractivity contribution >= 4 is 28.5 Å². The highest BCUT2D eigenvalue weighted by atomic mass is 16.6. The number of hydrogen-bond donors (Lipinski definition) is 3. The summed E-state index contributed by atoms with van der Waals surface area (Å²) in [5, 5.41) is 23.0. The number of carbonyl (C=O) groups excluding carboxylic acids is 1. The highest BCUT2D eigenvalue weighted by Crippen LogP contribution is 2.35. The van der Waals surface area contributed by atoms with E-state index in [1.807, 2.05) is 6.07 Å². The molecule has 154 valence electrons. The number of carboxylic acid groups (broad SMARTS) is 1. The number of rotatable bonds is 7. The predicted molar refractivity (Wildman–Crippen MR) is 112 cm³/mol. The third-order valence-corrected chi connectivity index (χ3v) is 4.49. The number of ether oxygens (including phenoxy) is 2. The first-order valence-corrected chi connectivity index (χ1v) is 9.17. The van der Waals surface area contributed by atoms with Crippen molar-refractivity contribution in [1.82, 2.24) is 0 Å². The van der Waals surface area contributed by atoms with E-state index in [2.05, 4.69) is 5.32 Å². The van der Waals surface area contributed by atoms with Crippen LogP contribution >= 0.6 is 0 Å². The molecule has 0 aliphatic rings. The van der Waals surface area contributed by atoms with Crippen LogP contribution in [0.5, 0.6) is 5.75 Å². The number of nitrogens with one attached hydrogen (secondary N) is 1. The summed E-state index contributed by atoms with van der Waals surface area (Å²) < 4.78 is 11.1. The van der Waals surface area contributed by atoms with Gasteiger partial charge in [-0.15, -0.1) is 0 Å². The van der Waals surface area contributed by atoms with Crippen molar-refractivity contribution < 1.29 is 29.3 Å². The molecule has 0 heterocycles. The van der Waals surface area contributed by atoms with Gasteiger partial charge in [0.2, 0.25) is 0 Å².